The molecule has 0 heterocycles. The van der Waals surface area contributed by atoms with Crippen molar-refractivity contribution in [1.82, 2.24) is 0 Å². The monoisotopic (exact) mass is 403 g/mol. The molecule has 0 saturated heterocycles. The van der Waals surface area contributed by atoms with Crippen LogP contribution in [0.1, 0.15) is 12.5 Å². The van der Waals surface area contributed by atoms with Gasteiger partial charge in [-0.05, 0) is 62.4 Å². The predicted molar refractivity (Wildman–Crippen MR) is 119 cm³/mol. The number of benzene rings is 3. The molecule has 0 aromatic heterocycles. The van der Waals surface area contributed by atoms with E-state index in [4.69, 9.17) is 18.9 Å². The molecule has 0 spiro atoms. The smallest absolute Gasteiger partial charge is 0.225 e. The molecule has 154 valence electrons. The summed E-state index contributed by atoms with van der Waals surface area (Å²) < 4.78 is 22.3. The van der Waals surface area contributed by atoms with Crippen LogP contribution in [-0.2, 0) is 0 Å². The van der Waals surface area contributed by atoms with Crippen LogP contribution < -0.4 is 18.9 Å². The third-order valence-electron chi connectivity index (χ3n) is 4.29. The van der Waals surface area contributed by atoms with Gasteiger partial charge in [0.2, 0.25) is 5.90 Å². The van der Waals surface area contributed by atoms with Crippen molar-refractivity contribution in [2.75, 3.05) is 14.2 Å². The molecule has 0 aliphatic carbocycles. The quantitative estimate of drug-likeness (QED) is 0.271. The summed E-state index contributed by atoms with van der Waals surface area (Å²) in [6.07, 6.45) is 1.62. The number of ether oxygens (including phenoxy) is 4. The van der Waals surface area contributed by atoms with E-state index in [0.29, 0.717) is 23.1 Å². The molecule has 5 heteroatoms. The van der Waals surface area contributed by atoms with Crippen molar-refractivity contribution in [1.29, 1.82) is 0 Å². The summed E-state index contributed by atoms with van der Waals surface area (Å²) in [6, 6.07) is 22.6. The maximum atomic E-state index is 6.08. The van der Waals surface area contributed by atoms with Crippen molar-refractivity contribution >= 4 is 11.6 Å². The van der Waals surface area contributed by atoms with Crippen LogP contribution in [0, 0.1) is 6.92 Å². The van der Waals surface area contributed by atoms with E-state index in [0.717, 1.165) is 17.0 Å². The number of rotatable bonds is 7. The summed E-state index contributed by atoms with van der Waals surface area (Å²) in [7, 11) is 3.25. The average Bonchev–Trinajstić information content (AvgIpc) is 2.79. The van der Waals surface area contributed by atoms with Gasteiger partial charge >= 0.3 is 0 Å². The highest BCUT2D eigenvalue weighted by Gasteiger charge is 2.09. The standard InChI is InChI=1S/C25H25NO4/c1-18-8-10-20(11-9-18)26-25(30-24-7-5-6-23(16-24)28-4)19(2)17-29-22-14-12-21(27-3)13-15-22/h5-17H,1-4H3/b19-17+,26-25?. The fourth-order valence-electron chi connectivity index (χ4n) is 2.57. The molecule has 0 atom stereocenters. The number of nitrogens with zero attached hydrogens (tertiary/aromatic N) is 1. The fraction of sp³-hybridized carbons (Fsp3) is 0.160. The topological polar surface area (TPSA) is 49.3 Å². The molecule has 0 radical (unpaired) electrons. The normalized spacial score (nSPS) is 11.7. The second-order valence-electron chi connectivity index (χ2n) is 6.63. The first-order valence-corrected chi connectivity index (χ1v) is 9.52. The SMILES string of the molecule is COc1ccc(O/C=C(\C)C(=Nc2ccc(C)cc2)Oc2cccc(OC)c2)cc1. The first-order chi connectivity index (χ1) is 14.6. The van der Waals surface area contributed by atoms with Gasteiger partial charge < -0.3 is 18.9 Å². The van der Waals surface area contributed by atoms with Crippen LogP contribution in [0.5, 0.6) is 23.0 Å². The third-order valence-corrected chi connectivity index (χ3v) is 4.29. The molecule has 0 fully saturated rings. The summed E-state index contributed by atoms with van der Waals surface area (Å²) in [6.45, 7) is 3.92. The Balaban J connectivity index is 1.87. The largest absolute Gasteiger partial charge is 0.497 e. The van der Waals surface area contributed by atoms with Crippen LogP contribution in [0.2, 0.25) is 0 Å². The molecule has 30 heavy (non-hydrogen) atoms. The van der Waals surface area contributed by atoms with E-state index in [9.17, 15) is 0 Å². The van der Waals surface area contributed by atoms with E-state index in [1.54, 1.807) is 20.5 Å². The van der Waals surface area contributed by atoms with Crippen molar-refractivity contribution < 1.29 is 18.9 Å². The van der Waals surface area contributed by atoms with Crippen molar-refractivity contribution in [3.63, 3.8) is 0 Å². The molecular weight excluding hydrogens is 378 g/mol. The van der Waals surface area contributed by atoms with E-state index in [1.165, 1.54) is 5.56 Å². The Morgan fingerprint density at radius 3 is 2.07 bits per heavy atom. The van der Waals surface area contributed by atoms with Crippen molar-refractivity contribution in [3.8, 4) is 23.0 Å². The summed E-state index contributed by atoms with van der Waals surface area (Å²) in [5, 5.41) is 0. The minimum atomic E-state index is 0.431. The van der Waals surface area contributed by atoms with Crippen molar-refractivity contribution in [3.05, 3.63) is 90.2 Å². The lowest BCUT2D eigenvalue weighted by atomic mass is 10.2. The van der Waals surface area contributed by atoms with E-state index in [1.807, 2.05) is 86.6 Å². The molecule has 3 aromatic carbocycles. The fourth-order valence-corrected chi connectivity index (χ4v) is 2.57. The zero-order valence-electron chi connectivity index (χ0n) is 17.6. The first-order valence-electron chi connectivity index (χ1n) is 9.52. The van der Waals surface area contributed by atoms with Crippen LogP contribution in [0.4, 0.5) is 5.69 Å². The average molecular weight is 403 g/mol. The zero-order chi connectivity index (χ0) is 21.3. The van der Waals surface area contributed by atoms with Crippen LogP contribution >= 0.6 is 0 Å². The van der Waals surface area contributed by atoms with Gasteiger partial charge in [-0.25, -0.2) is 4.99 Å². The lowest BCUT2D eigenvalue weighted by molar-refractivity contribution is 0.411. The molecule has 3 aromatic rings. The third kappa shape index (κ3) is 5.88. The Morgan fingerprint density at radius 2 is 1.40 bits per heavy atom. The maximum Gasteiger partial charge on any atom is 0.225 e. The van der Waals surface area contributed by atoms with Gasteiger partial charge in [-0.2, -0.15) is 0 Å². The molecule has 0 N–H and O–H groups in total. The molecule has 5 nitrogen and oxygen atoms in total. The maximum absolute atomic E-state index is 6.08. The Hall–Kier alpha value is -3.73. The molecule has 0 unspecified atom stereocenters. The van der Waals surface area contributed by atoms with E-state index in [-0.39, 0.29) is 0 Å². The number of hydrogen-bond acceptors (Lipinski definition) is 5. The van der Waals surface area contributed by atoms with Crippen LogP contribution in [0.15, 0.2) is 89.6 Å². The Kier molecular flexibility index (Phi) is 7.11. The van der Waals surface area contributed by atoms with Crippen LogP contribution in [0.25, 0.3) is 0 Å². The van der Waals surface area contributed by atoms with E-state index >= 15 is 0 Å². The summed E-state index contributed by atoms with van der Waals surface area (Å²) in [5.74, 6) is 3.22. The summed E-state index contributed by atoms with van der Waals surface area (Å²) >= 11 is 0. The molecular formula is C25H25NO4. The van der Waals surface area contributed by atoms with Gasteiger partial charge in [0.1, 0.15) is 23.0 Å². The molecule has 0 bridgehead atoms. The molecule has 0 aliphatic heterocycles. The number of hydrogen-bond donors (Lipinski definition) is 0. The van der Waals surface area contributed by atoms with Gasteiger partial charge in [0.15, 0.2) is 0 Å². The predicted octanol–water partition coefficient (Wildman–Crippen LogP) is 6.10. The zero-order valence-corrected chi connectivity index (χ0v) is 17.6. The molecule has 3 rings (SSSR count). The highest BCUT2D eigenvalue weighted by Crippen LogP contribution is 2.23. The van der Waals surface area contributed by atoms with Gasteiger partial charge in [0.25, 0.3) is 0 Å². The van der Waals surface area contributed by atoms with E-state index < -0.39 is 0 Å². The Bertz CT molecular complexity index is 1020. The van der Waals surface area contributed by atoms with Gasteiger partial charge in [-0.1, -0.05) is 23.8 Å². The molecule has 0 aliphatic rings. The van der Waals surface area contributed by atoms with Crippen molar-refractivity contribution in [2.45, 2.75) is 13.8 Å². The highest BCUT2D eigenvalue weighted by molar-refractivity contribution is 5.96. The Morgan fingerprint density at radius 1 is 0.767 bits per heavy atom. The van der Waals surface area contributed by atoms with Crippen molar-refractivity contribution in [2.24, 2.45) is 4.99 Å². The first kappa shape index (κ1) is 21.0. The number of methoxy groups -OCH3 is 2. The van der Waals surface area contributed by atoms with Gasteiger partial charge in [-0.3, -0.25) is 0 Å². The second-order valence-corrected chi connectivity index (χ2v) is 6.63. The summed E-state index contributed by atoms with van der Waals surface area (Å²) in [4.78, 5) is 4.68. The second kappa shape index (κ2) is 10.2. The molecule has 0 amide bonds. The van der Waals surface area contributed by atoms with Gasteiger partial charge in [0, 0.05) is 11.6 Å². The van der Waals surface area contributed by atoms with Gasteiger partial charge in [-0.15, -0.1) is 0 Å². The minimum Gasteiger partial charge on any atom is -0.497 e. The van der Waals surface area contributed by atoms with Gasteiger partial charge in [0.05, 0.1) is 26.2 Å². The lowest BCUT2D eigenvalue weighted by Crippen LogP contribution is -2.11. The van der Waals surface area contributed by atoms with E-state index in [2.05, 4.69) is 4.99 Å². The van der Waals surface area contributed by atoms with Crippen LogP contribution in [-0.4, -0.2) is 20.1 Å². The minimum absolute atomic E-state index is 0.431. The highest BCUT2D eigenvalue weighted by atomic mass is 16.5. The van der Waals surface area contributed by atoms with Crippen LogP contribution in [0.3, 0.4) is 0 Å². The Labute approximate surface area is 177 Å². The summed E-state index contributed by atoms with van der Waals surface area (Å²) in [5.41, 5.74) is 2.68. The lowest BCUT2D eigenvalue weighted by Gasteiger charge is -2.11. The number of aliphatic imine (C=N–C) groups is 1. The molecule has 0 saturated carbocycles. The number of aryl methyl sites for hydroxylation is 1.